The summed E-state index contributed by atoms with van der Waals surface area (Å²) in [6.07, 6.45) is 1.58. The van der Waals surface area contributed by atoms with E-state index in [4.69, 9.17) is 14.5 Å². The molecule has 0 fully saturated rings. The van der Waals surface area contributed by atoms with Crippen LogP contribution in [0.25, 0.3) is 22.3 Å². The van der Waals surface area contributed by atoms with E-state index in [2.05, 4.69) is 34.9 Å². The van der Waals surface area contributed by atoms with Gasteiger partial charge >= 0.3 is 0 Å². The Kier molecular flexibility index (Phi) is 8.31. The number of rotatable bonds is 8. The van der Waals surface area contributed by atoms with Gasteiger partial charge in [-0.3, -0.25) is 4.79 Å². The van der Waals surface area contributed by atoms with Gasteiger partial charge in [-0.05, 0) is 84.1 Å². The summed E-state index contributed by atoms with van der Waals surface area (Å²) in [5.41, 5.74) is 4.32. The number of nitrogens with zero attached hydrogens (tertiary/aromatic N) is 3. The van der Waals surface area contributed by atoms with Crippen LogP contribution in [0.5, 0.6) is 11.5 Å². The largest absolute Gasteiger partial charge is 0.496 e. The first-order valence-electron chi connectivity index (χ1n) is 13.2. The van der Waals surface area contributed by atoms with Gasteiger partial charge in [0.2, 0.25) is 0 Å². The van der Waals surface area contributed by atoms with Gasteiger partial charge in [0.15, 0.2) is 5.82 Å². The number of ether oxygens (including phenoxy) is 2. The normalized spacial score (nSPS) is 11.5. The van der Waals surface area contributed by atoms with Crippen molar-refractivity contribution < 1.29 is 13.9 Å². The van der Waals surface area contributed by atoms with Crippen molar-refractivity contribution in [2.45, 2.75) is 33.3 Å². The lowest BCUT2D eigenvalue weighted by Gasteiger charge is -2.17. The fourth-order valence-electron chi connectivity index (χ4n) is 4.63. The molecule has 1 heterocycles. The van der Waals surface area contributed by atoms with Crippen molar-refractivity contribution in [2.75, 3.05) is 7.11 Å². The van der Waals surface area contributed by atoms with E-state index in [1.54, 1.807) is 43.7 Å². The highest BCUT2D eigenvalue weighted by molar-refractivity contribution is 9.10. The molecule has 208 valence electrons. The number of aromatic nitrogens is 2. The van der Waals surface area contributed by atoms with Gasteiger partial charge in [-0.25, -0.2) is 9.37 Å². The smallest absolute Gasteiger partial charge is 0.282 e. The molecule has 0 bridgehead atoms. The number of para-hydroxylation sites is 1. The number of halogens is 2. The summed E-state index contributed by atoms with van der Waals surface area (Å²) < 4.78 is 27.5. The van der Waals surface area contributed by atoms with Gasteiger partial charge in [0.25, 0.3) is 5.56 Å². The summed E-state index contributed by atoms with van der Waals surface area (Å²) in [7, 11) is 1.65. The lowest BCUT2D eigenvalue weighted by atomic mass is 9.96. The maximum absolute atomic E-state index is 13.8. The van der Waals surface area contributed by atoms with Gasteiger partial charge in [-0.2, -0.15) is 9.78 Å². The van der Waals surface area contributed by atoms with E-state index in [1.165, 1.54) is 16.8 Å². The Morgan fingerprint density at radius 3 is 2.59 bits per heavy atom. The number of methoxy groups -OCH3 is 1. The minimum atomic E-state index is -0.325. The van der Waals surface area contributed by atoms with Crippen LogP contribution in [0.15, 0.2) is 93.2 Å². The number of benzene rings is 4. The number of aryl methyl sites for hydroxylation is 1. The molecule has 6 nitrogen and oxygen atoms in total. The molecule has 0 amide bonds. The predicted octanol–water partition coefficient (Wildman–Crippen LogP) is 7.87. The molecule has 41 heavy (non-hydrogen) atoms. The molecule has 8 heteroatoms. The maximum Gasteiger partial charge on any atom is 0.282 e. The average Bonchev–Trinajstić information content (AvgIpc) is 2.96. The van der Waals surface area contributed by atoms with Crippen molar-refractivity contribution in [3.63, 3.8) is 0 Å². The van der Waals surface area contributed by atoms with Crippen molar-refractivity contribution in [3.05, 3.63) is 122 Å². The molecule has 0 unspecified atom stereocenters. The molecule has 1 aromatic heterocycles. The zero-order valence-electron chi connectivity index (χ0n) is 23.2. The summed E-state index contributed by atoms with van der Waals surface area (Å²) in [5.74, 6) is 1.60. The zero-order chi connectivity index (χ0) is 29.1. The molecule has 0 saturated heterocycles. The molecular weight excluding hydrogens is 585 g/mol. The SMILES string of the molecule is COc1cc(C)c(-c2nc3ccccc3c(=O)n2N=Cc2cc(Br)ccc2OCc2cccc(F)c2)cc1C(C)C. The Hall–Kier alpha value is -4.30. The summed E-state index contributed by atoms with van der Waals surface area (Å²) in [4.78, 5) is 18.7. The van der Waals surface area contributed by atoms with Gasteiger partial charge in [-0.1, -0.05) is 54.0 Å². The van der Waals surface area contributed by atoms with E-state index in [1.807, 2.05) is 43.3 Å². The lowest BCUT2D eigenvalue weighted by molar-refractivity contribution is 0.305. The van der Waals surface area contributed by atoms with Crippen LogP contribution < -0.4 is 15.0 Å². The van der Waals surface area contributed by atoms with Crippen LogP contribution in [0.4, 0.5) is 4.39 Å². The topological polar surface area (TPSA) is 65.7 Å². The van der Waals surface area contributed by atoms with E-state index in [-0.39, 0.29) is 23.9 Å². The van der Waals surface area contributed by atoms with E-state index in [9.17, 15) is 9.18 Å². The van der Waals surface area contributed by atoms with Crippen LogP contribution in [0.2, 0.25) is 0 Å². The Bertz CT molecular complexity index is 1830. The van der Waals surface area contributed by atoms with Crippen LogP contribution in [-0.4, -0.2) is 23.0 Å². The Morgan fingerprint density at radius 2 is 1.83 bits per heavy atom. The van der Waals surface area contributed by atoms with E-state index < -0.39 is 0 Å². The van der Waals surface area contributed by atoms with Gasteiger partial charge in [0.1, 0.15) is 23.9 Å². The van der Waals surface area contributed by atoms with Gasteiger partial charge in [0.05, 0.1) is 24.2 Å². The third-order valence-electron chi connectivity index (χ3n) is 6.76. The minimum Gasteiger partial charge on any atom is -0.496 e. The predicted molar refractivity (Wildman–Crippen MR) is 165 cm³/mol. The molecular formula is C33H29BrFN3O3. The van der Waals surface area contributed by atoms with Crippen molar-refractivity contribution >= 4 is 33.0 Å². The van der Waals surface area contributed by atoms with Gasteiger partial charge in [-0.15, -0.1) is 0 Å². The fourth-order valence-corrected chi connectivity index (χ4v) is 5.01. The molecule has 0 aliphatic rings. The zero-order valence-corrected chi connectivity index (χ0v) is 24.8. The maximum atomic E-state index is 13.8. The van der Waals surface area contributed by atoms with Crippen molar-refractivity contribution in [3.8, 4) is 22.9 Å². The summed E-state index contributed by atoms with van der Waals surface area (Å²) in [5, 5.41) is 5.11. The van der Waals surface area contributed by atoms with E-state index in [0.29, 0.717) is 33.6 Å². The Morgan fingerprint density at radius 1 is 1.02 bits per heavy atom. The third-order valence-corrected chi connectivity index (χ3v) is 7.25. The Labute approximate surface area is 246 Å². The third kappa shape index (κ3) is 6.07. The Balaban J connectivity index is 1.63. The summed E-state index contributed by atoms with van der Waals surface area (Å²) in [6.45, 7) is 6.32. The van der Waals surface area contributed by atoms with Crippen molar-refractivity contribution in [1.29, 1.82) is 0 Å². The highest BCUT2D eigenvalue weighted by Crippen LogP contribution is 2.34. The standard InChI is InChI=1S/C33H29BrFN3O3/c1-20(2)27-17-28(21(3)14-31(27)40-4)32-37-29-11-6-5-10-26(29)33(39)38(32)36-18-23-16-24(34)12-13-30(23)41-19-22-8-7-9-25(35)15-22/h5-18,20H,19H2,1-4H3. The van der Waals surface area contributed by atoms with Crippen LogP contribution in [-0.2, 0) is 6.61 Å². The molecule has 0 radical (unpaired) electrons. The molecule has 0 atom stereocenters. The van der Waals surface area contributed by atoms with Crippen molar-refractivity contribution in [2.24, 2.45) is 5.10 Å². The monoisotopic (exact) mass is 613 g/mol. The fraction of sp³-hybridized carbons (Fsp3) is 0.182. The summed E-state index contributed by atoms with van der Waals surface area (Å²) in [6, 6.07) is 23.0. The first-order valence-corrected chi connectivity index (χ1v) is 14.0. The first kappa shape index (κ1) is 28.2. The number of hydrogen-bond donors (Lipinski definition) is 0. The number of fused-ring (bicyclic) bond motifs is 1. The van der Waals surface area contributed by atoms with Gasteiger partial charge < -0.3 is 9.47 Å². The molecule has 4 aromatic carbocycles. The average molecular weight is 615 g/mol. The highest BCUT2D eigenvalue weighted by Gasteiger charge is 2.18. The van der Waals surface area contributed by atoms with Crippen LogP contribution in [0.3, 0.4) is 0 Å². The molecule has 5 aromatic rings. The first-order chi connectivity index (χ1) is 19.7. The molecule has 5 rings (SSSR count). The van der Waals surface area contributed by atoms with Crippen molar-refractivity contribution in [1.82, 2.24) is 9.66 Å². The second-order valence-corrected chi connectivity index (χ2v) is 10.9. The van der Waals surface area contributed by atoms with E-state index in [0.717, 1.165) is 26.9 Å². The lowest BCUT2D eigenvalue weighted by Crippen LogP contribution is -2.21. The molecule has 0 aliphatic heterocycles. The van der Waals surface area contributed by atoms with Crippen LogP contribution >= 0.6 is 15.9 Å². The molecule has 0 spiro atoms. The molecule has 0 saturated carbocycles. The quantitative estimate of drug-likeness (QED) is 0.167. The second kappa shape index (κ2) is 12.1. The minimum absolute atomic E-state index is 0.173. The number of hydrogen-bond acceptors (Lipinski definition) is 5. The van der Waals surface area contributed by atoms with E-state index >= 15 is 0 Å². The van der Waals surface area contributed by atoms with Crippen LogP contribution in [0, 0.1) is 12.7 Å². The van der Waals surface area contributed by atoms with Crippen LogP contribution in [0.1, 0.15) is 42.0 Å². The summed E-state index contributed by atoms with van der Waals surface area (Å²) >= 11 is 3.51. The highest BCUT2D eigenvalue weighted by atomic mass is 79.9. The molecule has 0 aliphatic carbocycles. The van der Waals surface area contributed by atoms with Gasteiger partial charge in [0, 0.05) is 15.6 Å². The second-order valence-electron chi connectivity index (χ2n) is 9.98. The molecule has 0 N–H and O–H groups in total.